The van der Waals surface area contributed by atoms with E-state index < -0.39 is 11.9 Å². The molecule has 1 amide bonds. The van der Waals surface area contributed by atoms with Crippen LogP contribution in [0.5, 0.6) is 11.5 Å². The number of hydrogen-bond donors (Lipinski definition) is 3. The number of carboxylic acid groups (broad SMARTS) is 1. The second kappa shape index (κ2) is 5.95. The zero-order valence-electron chi connectivity index (χ0n) is 11.1. The molecule has 1 heterocycles. The van der Waals surface area contributed by atoms with E-state index in [1.54, 1.807) is 0 Å². The number of nitrogens with one attached hydrogen (secondary N) is 1. The number of amides is 1. The number of anilines is 1. The van der Waals surface area contributed by atoms with E-state index in [1.807, 2.05) is 0 Å². The van der Waals surface area contributed by atoms with Gasteiger partial charge in [-0.3, -0.25) is 14.3 Å². The smallest absolute Gasteiger partial charge is 0.325 e. The first kappa shape index (κ1) is 14.4. The highest BCUT2D eigenvalue weighted by atomic mass is 16.5. The topological polar surface area (TPSA) is 114 Å². The Labute approximate surface area is 119 Å². The van der Waals surface area contributed by atoms with E-state index in [0.717, 1.165) is 0 Å². The van der Waals surface area contributed by atoms with Crippen LogP contribution in [0.3, 0.4) is 0 Å². The standard InChI is InChI=1S/C13H13N3O5/c1-21-11-3-2-8(4-10(11)17)13(20)15-9-5-14-16(6-9)7-12(18)19/h2-6,17H,7H2,1H3,(H,15,20)(H,18,19). The van der Waals surface area contributed by atoms with Crippen LogP contribution in [0.4, 0.5) is 5.69 Å². The van der Waals surface area contributed by atoms with Gasteiger partial charge in [0.2, 0.25) is 0 Å². The van der Waals surface area contributed by atoms with Crippen molar-refractivity contribution < 1.29 is 24.5 Å². The van der Waals surface area contributed by atoms with E-state index in [9.17, 15) is 14.7 Å². The molecular weight excluding hydrogens is 278 g/mol. The third-order valence-corrected chi connectivity index (χ3v) is 2.63. The van der Waals surface area contributed by atoms with Gasteiger partial charge in [-0.2, -0.15) is 5.10 Å². The summed E-state index contributed by atoms with van der Waals surface area (Å²) in [4.78, 5) is 22.5. The summed E-state index contributed by atoms with van der Waals surface area (Å²) in [6.45, 7) is -0.292. The van der Waals surface area contributed by atoms with Crippen molar-refractivity contribution in [3.8, 4) is 11.5 Å². The highest BCUT2D eigenvalue weighted by molar-refractivity contribution is 6.04. The van der Waals surface area contributed by atoms with E-state index in [-0.39, 0.29) is 23.6 Å². The summed E-state index contributed by atoms with van der Waals surface area (Å²) in [5.74, 6) is -1.37. The Morgan fingerprint density at radius 3 is 2.81 bits per heavy atom. The molecule has 0 saturated carbocycles. The lowest BCUT2D eigenvalue weighted by Crippen LogP contribution is -2.12. The minimum atomic E-state index is -1.03. The van der Waals surface area contributed by atoms with Crippen LogP contribution in [0.1, 0.15) is 10.4 Å². The normalized spacial score (nSPS) is 10.1. The maximum atomic E-state index is 12.0. The fourth-order valence-corrected chi connectivity index (χ4v) is 1.69. The van der Waals surface area contributed by atoms with Crippen LogP contribution in [-0.4, -0.2) is 39.0 Å². The van der Waals surface area contributed by atoms with E-state index in [0.29, 0.717) is 5.69 Å². The molecule has 21 heavy (non-hydrogen) atoms. The SMILES string of the molecule is COc1ccc(C(=O)Nc2cnn(CC(=O)O)c2)cc1O. The first-order chi connectivity index (χ1) is 9.99. The number of aliphatic carboxylic acids is 1. The van der Waals surface area contributed by atoms with E-state index >= 15 is 0 Å². The molecule has 2 rings (SSSR count). The minimum absolute atomic E-state index is 0.147. The van der Waals surface area contributed by atoms with Gasteiger partial charge >= 0.3 is 5.97 Å². The Bertz CT molecular complexity index is 680. The first-order valence-electron chi connectivity index (χ1n) is 5.92. The molecule has 1 aromatic carbocycles. The second-order valence-electron chi connectivity index (χ2n) is 4.16. The van der Waals surface area contributed by atoms with Crippen LogP contribution in [-0.2, 0) is 11.3 Å². The quantitative estimate of drug-likeness (QED) is 0.755. The van der Waals surface area contributed by atoms with Crippen LogP contribution in [0.25, 0.3) is 0 Å². The lowest BCUT2D eigenvalue weighted by Gasteiger charge is -2.06. The minimum Gasteiger partial charge on any atom is -0.504 e. The van der Waals surface area contributed by atoms with Crippen molar-refractivity contribution in [3.63, 3.8) is 0 Å². The van der Waals surface area contributed by atoms with Gasteiger partial charge in [-0.1, -0.05) is 0 Å². The van der Waals surface area contributed by atoms with Crippen molar-refractivity contribution in [1.82, 2.24) is 9.78 Å². The van der Waals surface area contributed by atoms with Crippen molar-refractivity contribution in [2.24, 2.45) is 0 Å². The molecule has 8 nitrogen and oxygen atoms in total. The summed E-state index contributed by atoms with van der Waals surface area (Å²) in [6, 6.07) is 4.24. The number of carbonyl (C=O) groups excluding carboxylic acids is 1. The molecule has 0 aliphatic rings. The Balaban J connectivity index is 2.09. The number of methoxy groups -OCH3 is 1. The molecule has 3 N–H and O–H groups in total. The first-order valence-corrected chi connectivity index (χ1v) is 5.92. The van der Waals surface area contributed by atoms with Crippen LogP contribution >= 0.6 is 0 Å². The van der Waals surface area contributed by atoms with Crippen molar-refractivity contribution in [2.45, 2.75) is 6.54 Å². The zero-order chi connectivity index (χ0) is 15.4. The van der Waals surface area contributed by atoms with Crippen molar-refractivity contribution in [3.05, 3.63) is 36.2 Å². The van der Waals surface area contributed by atoms with Gasteiger partial charge < -0.3 is 20.3 Å². The molecule has 1 aromatic heterocycles. The highest BCUT2D eigenvalue weighted by Gasteiger charge is 2.11. The van der Waals surface area contributed by atoms with Gasteiger partial charge in [-0.25, -0.2) is 0 Å². The van der Waals surface area contributed by atoms with E-state index in [1.165, 1.54) is 42.4 Å². The molecular formula is C13H13N3O5. The molecule has 2 aromatic rings. The monoisotopic (exact) mass is 291 g/mol. The third-order valence-electron chi connectivity index (χ3n) is 2.63. The molecule has 0 aliphatic carbocycles. The largest absolute Gasteiger partial charge is 0.504 e. The van der Waals surface area contributed by atoms with Crippen molar-refractivity contribution in [2.75, 3.05) is 12.4 Å². The van der Waals surface area contributed by atoms with Crippen molar-refractivity contribution >= 4 is 17.6 Å². The molecule has 0 radical (unpaired) electrons. The summed E-state index contributed by atoms with van der Waals surface area (Å²) in [6.07, 6.45) is 2.74. The van der Waals surface area contributed by atoms with Gasteiger partial charge in [0.05, 0.1) is 19.0 Å². The van der Waals surface area contributed by atoms with Crippen LogP contribution in [0.15, 0.2) is 30.6 Å². The van der Waals surface area contributed by atoms with Gasteiger partial charge in [-0.15, -0.1) is 0 Å². The van der Waals surface area contributed by atoms with Crippen LogP contribution in [0, 0.1) is 0 Å². The predicted octanol–water partition coefficient (Wildman–Crippen LogP) is 0.934. The summed E-state index contributed by atoms with van der Waals surface area (Å²) in [5.41, 5.74) is 0.593. The second-order valence-corrected chi connectivity index (χ2v) is 4.16. The summed E-state index contributed by atoms with van der Waals surface area (Å²) < 4.78 is 6.07. The Hall–Kier alpha value is -3.03. The molecule has 8 heteroatoms. The number of phenols is 1. The van der Waals surface area contributed by atoms with Gasteiger partial charge in [0, 0.05) is 11.8 Å². The van der Waals surface area contributed by atoms with E-state index in [2.05, 4.69) is 10.4 Å². The number of benzene rings is 1. The maximum Gasteiger partial charge on any atom is 0.325 e. The number of aromatic hydroxyl groups is 1. The molecule has 0 saturated heterocycles. The van der Waals surface area contributed by atoms with Crippen LogP contribution in [0.2, 0.25) is 0 Å². The maximum absolute atomic E-state index is 12.0. The average Bonchev–Trinajstić information content (AvgIpc) is 2.84. The molecule has 110 valence electrons. The van der Waals surface area contributed by atoms with Gasteiger partial charge in [0.15, 0.2) is 11.5 Å². The summed E-state index contributed by atoms with van der Waals surface area (Å²) in [7, 11) is 1.41. The average molecular weight is 291 g/mol. The zero-order valence-corrected chi connectivity index (χ0v) is 11.1. The number of aromatic nitrogens is 2. The lowest BCUT2D eigenvalue weighted by atomic mass is 10.2. The Morgan fingerprint density at radius 1 is 1.43 bits per heavy atom. The number of hydrogen-bond acceptors (Lipinski definition) is 5. The van der Waals surface area contributed by atoms with Gasteiger partial charge in [0.1, 0.15) is 6.54 Å². The summed E-state index contributed by atoms with van der Waals surface area (Å²) >= 11 is 0. The molecule has 0 aliphatic heterocycles. The highest BCUT2D eigenvalue weighted by Crippen LogP contribution is 2.26. The van der Waals surface area contributed by atoms with Crippen molar-refractivity contribution in [1.29, 1.82) is 0 Å². The fourth-order valence-electron chi connectivity index (χ4n) is 1.69. The lowest BCUT2D eigenvalue weighted by molar-refractivity contribution is -0.137. The number of nitrogens with zero attached hydrogens (tertiary/aromatic N) is 2. The van der Waals surface area contributed by atoms with Gasteiger partial charge in [0.25, 0.3) is 5.91 Å². The number of ether oxygens (including phenoxy) is 1. The predicted molar refractivity (Wildman–Crippen MR) is 72.5 cm³/mol. The molecule has 0 unspecified atom stereocenters. The number of carbonyl (C=O) groups is 2. The fraction of sp³-hybridized carbons (Fsp3) is 0.154. The Kier molecular flexibility index (Phi) is 4.07. The van der Waals surface area contributed by atoms with Crippen LogP contribution < -0.4 is 10.1 Å². The van der Waals surface area contributed by atoms with E-state index in [4.69, 9.17) is 9.84 Å². The molecule has 0 fully saturated rings. The molecule has 0 spiro atoms. The molecule has 0 atom stereocenters. The number of rotatable bonds is 5. The summed E-state index contributed by atoms with van der Waals surface area (Å²) in [5, 5.41) is 24.6. The Morgan fingerprint density at radius 2 is 2.19 bits per heavy atom. The number of carboxylic acids is 1. The molecule has 0 bridgehead atoms. The third kappa shape index (κ3) is 3.50. The van der Waals surface area contributed by atoms with Gasteiger partial charge in [-0.05, 0) is 18.2 Å². The number of phenolic OH excluding ortho intramolecular Hbond substituents is 1.